The van der Waals surface area contributed by atoms with E-state index >= 15 is 0 Å². The molecule has 1 aromatic heterocycles. The van der Waals surface area contributed by atoms with Crippen molar-refractivity contribution in [1.82, 2.24) is 4.90 Å². The summed E-state index contributed by atoms with van der Waals surface area (Å²) >= 11 is 0.831. The van der Waals surface area contributed by atoms with E-state index in [0.717, 1.165) is 16.7 Å². The van der Waals surface area contributed by atoms with Crippen LogP contribution in [0.2, 0.25) is 0 Å². The molecule has 0 aliphatic carbocycles. The van der Waals surface area contributed by atoms with E-state index in [4.69, 9.17) is 4.42 Å². The lowest BCUT2D eigenvalue weighted by Gasteiger charge is -2.11. The number of hydrogen-bond acceptors (Lipinski definition) is 6. The summed E-state index contributed by atoms with van der Waals surface area (Å²) in [5.74, 6) is -0.967. The van der Waals surface area contributed by atoms with E-state index in [-0.39, 0.29) is 19.4 Å². The molecule has 2 heterocycles. The number of allylic oxidation sites excluding steroid dienone is 2. The monoisotopic (exact) mass is 306 g/mol. The molecule has 21 heavy (non-hydrogen) atoms. The highest BCUT2D eigenvalue weighted by Crippen LogP contribution is 2.30. The van der Waals surface area contributed by atoms with Gasteiger partial charge in [-0.15, -0.1) is 0 Å². The summed E-state index contributed by atoms with van der Waals surface area (Å²) in [4.78, 5) is 35.3. The smallest absolute Gasteiger partial charge is 0.293 e. The zero-order valence-electron chi connectivity index (χ0n) is 11.0. The third kappa shape index (κ3) is 4.09. The number of thioether (sulfide) groups is 1. The molecule has 110 valence electrons. The van der Waals surface area contributed by atoms with Gasteiger partial charge in [0.15, 0.2) is 0 Å². The third-order valence-electron chi connectivity index (χ3n) is 2.69. The molecular weight excluding hydrogens is 294 g/mol. The van der Waals surface area contributed by atoms with Crippen molar-refractivity contribution >= 4 is 35.0 Å². The van der Waals surface area contributed by atoms with Gasteiger partial charge in [0.25, 0.3) is 11.1 Å². The lowest BCUT2D eigenvalue weighted by atomic mass is 10.3. The SMILES string of the molecule is O=C([O-])CCCN1C(=O)S/C(=C\C=C\c2ccco2)C1=O. The lowest BCUT2D eigenvalue weighted by Crippen LogP contribution is -2.30. The highest BCUT2D eigenvalue weighted by molar-refractivity contribution is 8.18. The second kappa shape index (κ2) is 6.94. The molecule has 7 heteroatoms. The van der Waals surface area contributed by atoms with Gasteiger partial charge in [-0.2, -0.15) is 0 Å². The summed E-state index contributed by atoms with van der Waals surface area (Å²) in [6.45, 7) is 0.0812. The Kier molecular flexibility index (Phi) is 4.99. The van der Waals surface area contributed by atoms with E-state index in [1.165, 1.54) is 12.3 Å². The van der Waals surface area contributed by atoms with Gasteiger partial charge in [-0.1, -0.05) is 6.08 Å². The fraction of sp³-hybridized carbons (Fsp3) is 0.214. The van der Waals surface area contributed by atoms with E-state index in [9.17, 15) is 19.5 Å². The number of amides is 2. The Bertz CT molecular complexity index is 603. The first-order valence-corrected chi connectivity index (χ1v) is 7.05. The van der Waals surface area contributed by atoms with Crippen molar-refractivity contribution in [1.29, 1.82) is 0 Å². The predicted molar refractivity (Wildman–Crippen MR) is 74.8 cm³/mol. The van der Waals surface area contributed by atoms with E-state index in [1.54, 1.807) is 24.3 Å². The molecule has 0 saturated carbocycles. The molecule has 0 bridgehead atoms. The van der Waals surface area contributed by atoms with Gasteiger partial charge in [-0.25, -0.2) is 0 Å². The highest BCUT2D eigenvalue weighted by atomic mass is 32.2. The fourth-order valence-corrected chi connectivity index (χ4v) is 2.52. The summed E-state index contributed by atoms with van der Waals surface area (Å²) in [6.07, 6.45) is 6.37. The van der Waals surface area contributed by atoms with Crippen molar-refractivity contribution < 1.29 is 23.9 Å². The van der Waals surface area contributed by atoms with E-state index in [1.807, 2.05) is 0 Å². The number of hydrogen-bond donors (Lipinski definition) is 0. The number of rotatable bonds is 6. The molecule has 0 N–H and O–H groups in total. The highest BCUT2D eigenvalue weighted by Gasteiger charge is 2.33. The second-order valence-electron chi connectivity index (χ2n) is 4.21. The van der Waals surface area contributed by atoms with Gasteiger partial charge in [0.1, 0.15) is 5.76 Å². The van der Waals surface area contributed by atoms with Crippen LogP contribution in [0.3, 0.4) is 0 Å². The largest absolute Gasteiger partial charge is 0.550 e. The lowest BCUT2D eigenvalue weighted by molar-refractivity contribution is -0.305. The zero-order valence-corrected chi connectivity index (χ0v) is 11.8. The number of aliphatic carboxylic acids is 1. The Morgan fingerprint density at radius 2 is 2.24 bits per heavy atom. The summed E-state index contributed by atoms with van der Waals surface area (Å²) in [7, 11) is 0. The molecule has 6 nitrogen and oxygen atoms in total. The molecule has 1 fully saturated rings. The summed E-state index contributed by atoms with van der Waals surface area (Å²) in [5.41, 5.74) is 0. The van der Waals surface area contributed by atoms with Crippen molar-refractivity contribution in [3.63, 3.8) is 0 Å². The first-order chi connectivity index (χ1) is 10.1. The molecular formula is C14H12NO5S-. The van der Waals surface area contributed by atoms with Crippen LogP contribution in [0.4, 0.5) is 4.79 Å². The van der Waals surface area contributed by atoms with Crippen molar-refractivity contribution in [2.75, 3.05) is 6.54 Å². The molecule has 0 atom stereocenters. The molecule has 0 spiro atoms. The number of furan rings is 1. The molecule has 2 amide bonds. The summed E-state index contributed by atoms with van der Waals surface area (Å²) in [6, 6.07) is 3.50. The molecule has 1 aliphatic rings. The second-order valence-corrected chi connectivity index (χ2v) is 5.20. The van der Waals surface area contributed by atoms with Crippen molar-refractivity contribution in [3.05, 3.63) is 41.2 Å². The Hall–Kier alpha value is -2.28. The standard InChI is InChI=1S/C14H13NO5S/c16-12(17)7-2-8-15-13(18)11(21-14(15)19)6-1-4-10-5-3-9-20-10/h1,3-6,9H,2,7-8H2,(H,16,17)/p-1/b4-1+,11-6-. The van der Waals surface area contributed by atoms with Crippen LogP contribution in [0, 0.1) is 0 Å². The van der Waals surface area contributed by atoms with Crippen LogP contribution in [-0.4, -0.2) is 28.6 Å². The molecule has 1 aliphatic heterocycles. The number of imide groups is 1. The molecule has 0 radical (unpaired) electrons. The molecule has 0 aromatic carbocycles. The van der Waals surface area contributed by atoms with Gasteiger partial charge in [0.05, 0.1) is 11.2 Å². The van der Waals surface area contributed by atoms with Crippen LogP contribution in [0.5, 0.6) is 0 Å². The van der Waals surface area contributed by atoms with Crippen LogP contribution in [0.1, 0.15) is 18.6 Å². The number of carbonyl (C=O) groups is 3. The average molecular weight is 306 g/mol. The minimum Gasteiger partial charge on any atom is -0.550 e. The number of carbonyl (C=O) groups excluding carboxylic acids is 3. The molecule has 1 saturated heterocycles. The maximum Gasteiger partial charge on any atom is 0.293 e. The Morgan fingerprint density at radius 3 is 2.90 bits per heavy atom. The Balaban J connectivity index is 1.95. The number of carboxylic acids is 1. The first-order valence-electron chi connectivity index (χ1n) is 6.23. The topological polar surface area (TPSA) is 90.7 Å². The average Bonchev–Trinajstić information content (AvgIpc) is 3.02. The van der Waals surface area contributed by atoms with Gasteiger partial charge in [-0.3, -0.25) is 14.5 Å². The minimum absolute atomic E-state index is 0.0812. The Labute approximate surface area is 125 Å². The van der Waals surface area contributed by atoms with Crippen molar-refractivity contribution in [2.45, 2.75) is 12.8 Å². The minimum atomic E-state index is -1.20. The van der Waals surface area contributed by atoms with Crippen molar-refractivity contribution in [2.24, 2.45) is 0 Å². The van der Waals surface area contributed by atoms with Gasteiger partial charge in [0, 0.05) is 12.5 Å². The molecule has 2 rings (SSSR count). The normalized spacial score (nSPS) is 17.3. The van der Waals surface area contributed by atoms with Crippen LogP contribution < -0.4 is 5.11 Å². The fourth-order valence-electron chi connectivity index (χ4n) is 1.70. The third-order valence-corrected chi connectivity index (χ3v) is 3.61. The maximum atomic E-state index is 12.0. The van der Waals surface area contributed by atoms with Gasteiger partial charge in [0.2, 0.25) is 0 Å². The van der Waals surface area contributed by atoms with E-state index < -0.39 is 17.1 Å². The quantitative estimate of drug-likeness (QED) is 0.738. The van der Waals surface area contributed by atoms with Crippen LogP contribution in [0.25, 0.3) is 6.08 Å². The predicted octanol–water partition coefficient (Wildman–Crippen LogP) is 1.40. The van der Waals surface area contributed by atoms with Crippen LogP contribution >= 0.6 is 11.8 Å². The van der Waals surface area contributed by atoms with Gasteiger partial charge >= 0.3 is 0 Å². The van der Waals surface area contributed by atoms with Gasteiger partial charge in [-0.05, 0) is 48.9 Å². The number of nitrogens with zero attached hydrogens (tertiary/aromatic N) is 1. The summed E-state index contributed by atoms with van der Waals surface area (Å²) < 4.78 is 5.10. The Morgan fingerprint density at radius 1 is 1.43 bits per heavy atom. The van der Waals surface area contributed by atoms with Crippen LogP contribution in [-0.2, 0) is 9.59 Å². The van der Waals surface area contributed by atoms with E-state index in [2.05, 4.69) is 0 Å². The van der Waals surface area contributed by atoms with E-state index in [0.29, 0.717) is 10.7 Å². The maximum absolute atomic E-state index is 12.0. The summed E-state index contributed by atoms with van der Waals surface area (Å²) in [5, 5.41) is 9.93. The molecule has 1 aromatic rings. The zero-order chi connectivity index (χ0) is 15.2. The van der Waals surface area contributed by atoms with Crippen molar-refractivity contribution in [3.8, 4) is 0 Å². The first kappa shape index (κ1) is 15.1. The number of carboxylic acid groups (broad SMARTS) is 1. The molecule has 0 unspecified atom stereocenters. The van der Waals surface area contributed by atoms with Gasteiger partial charge < -0.3 is 14.3 Å². The van der Waals surface area contributed by atoms with Crippen LogP contribution in [0.15, 0.2) is 39.9 Å².